The summed E-state index contributed by atoms with van der Waals surface area (Å²) < 4.78 is 11.3. The molecule has 1 amide bonds. The highest BCUT2D eigenvalue weighted by Gasteiger charge is 2.08. The van der Waals surface area contributed by atoms with Crippen LogP contribution in [0.1, 0.15) is 23.8 Å². The maximum atomic E-state index is 11.9. The second kappa shape index (κ2) is 7.21. The number of fused-ring (bicyclic) bond motifs is 1. The number of benzene rings is 2. The third kappa shape index (κ3) is 4.07. The fourth-order valence-electron chi connectivity index (χ4n) is 2.40. The fraction of sp³-hybridized carbons (Fsp3) is 0.200. The predicted molar refractivity (Wildman–Crippen MR) is 98.0 cm³/mol. The Morgan fingerprint density at radius 3 is 2.76 bits per heavy atom. The van der Waals surface area contributed by atoms with E-state index in [1.807, 2.05) is 62.4 Å². The van der Waals surface area contributed by atoms with E-state index in [1.54, 1.807) is 6.92 Å². The highest BCUT2D eigenvalue weighted by atomic mass is 16.5. The molecule has 0 saturated carbocycles. The number of amides is 1. The highest BCUT2D eigenvalue weighted by Crippen LogP contribution is 2.20. The Morgan fingerprint density at radius 2 is 1.96 bits per heavy atom. The number of carbonyl (C=O) groups excluding carboxylic acids is 1. The van der Waals surface area contributed by atoms with E-state index in [1.165, 1.54) is 0 Å². The lowest BCUT2D eigenvalue weighted by Gasteiger charge is -2.09. The average molecular weight is 336 g/mol. The molecule has 0 unspecified atom stereocenters. The number of nitrogens with zero attached hydrogens (tertiary/aromatic N) is 1. The first-order chi connectivity index (χ1) is 12.0. The van der Waals surface area contributed by atoms with E-state index in [9.17, 15) is 4.79 Å². The molecule has 2 aromatic carbocycles. The minimum absolute atomic E-state index is 0.0960. The summed E-state index contributed by atoms with van der Waals surface area (Å²) in [6.07, 6.45) is 0. The number of nitrogens with one attached hydrogen (secondary N) is 1. The van der Waals surface area contributed by atoms with Crippen molar-refractivity contribution in [2.75, 3.05) is 6.61 Å². The van der Waals surface area contributed by atoms with Crippen LogP contribution in [0.15, 0.2) is 58.0 Å². The number of hydrogen-bond donors (Lipinski definition) is 1. The van der Waals surface area contributed by atoms with Crippen LogP contribution in [0.2, 0.25) is 0 Å². The monoisotopic (exact) mass is 336 g/mol. The Hall–Kier alpha value is -3.08. The molecule has 0 bridgehead atoms. The first-order valence-electron chi connectivity index (χ1n) is 8.05. The van der Waals surface area contributed by atoms with Crippen LogP contribution in [0.25, 0.3) is 11.0 Å². The molecule has 25 heavy (non-hydrogen) atoms. The minimum atomic E-state index is -0.323. The smallest absolute Gasteiger partial charge is 0.277 e. The molecule has 3 aromatic rings. The van der Waals surface area contributed by atoms with Crippen LogP contribution >= 0.6 is 0 Å². The zero-order valence-electron chi connectivity index (χ0n) is 14.5. The van der Waals surface area contributed by atoms with Gasteiger partial charge < -0.3 is 9.15 Å². The topological polar surface area (TPSA) is 63.8 Å². The fourth-order valence-corrected chi connectivity index (χ4v) is 2.40. The number of aryl methyl sites for hydroxylation is 2. The zero-order valence-corrected chi connectivity index (χ0v) is 14.5. The van der Waals surface area contributed by atoms with Crippen LogP contribution in [0, 0.1) is 13.8 Å². The quantitative estimate of drug-likeness (QED) is 0.566. The number of furan rings is 1. The van der Waals surface area contributed by atoms with Gasteiger partial charge in [0.15, 0.2) is 12.4 Å². The molecule has 0 atom stereocenters. The predicted octanol–water partition coefficient (Wildman–Crippen LogP) is 3.97. The largest absolute Gasteiger partial charge is 0.483 e. The zero-order chi connectivity index (χ0) is 17.8. The highest BCUT2D eigenvalue weighted by molar-refractivity contribution is 6.00. The van der Waals surface area contributed by atoms with Crippen LogP contribution < -0.4 is 10.2 Å². The van der Waals surface area contributed by atoms with Gasteiger partial charge in [0.2, 0.25) is 0 Å². The number of para-hydroxylation sites is 1. The van der Waals surface area contributed by atoms with Gasteiger partial charge in [-0.15, -0.1) is 0 Å². The Morgan fingerprint density at radius 1 is 1.16 bits per heavy atom. The summed E-state index contributed by atoms with van der Waals surface area (Å²) in [6, 6.07) is 15.5. The molecule has 5 nitrogen and oxygen atoms in total. The SMILES string of the molecule is C/C(=N/NC(=O)COc1cc(C)ccc1C)c1cc2ccccc2o1. The van der Waals surface area contributed by atoms with Gasteiger partial charge in [-0.3, -0.25) is 4.79 Å². The normalized spacial score (nSPS) is 11.6. The first kappa shape index (κ1) is 16.8. The van der Waals surface area contributed by atoms with Crippen LogP contribution in [-0.4, -0.2) is 18.2 Å². The summed E-state index contributed by atoms with van der Waals surface area (Å²) in [6.45, 7) is 5.61. The summed E-state index contributed by atoms with van der Waals surface area (Å²) >= 11 is 0. The Kier molecular flexibility index (Phi) is 4.84. The van der Waals surface area contributed by atoms with Gasteiger partial charge in [-0.2, -0.15) is 5.10 Å². The van der Waals surface area contributed by atoms with Crippen molar-refractivity contribution in [1.29, 1.82) is 0 Å². The Bertz CT molecular complexity index is 908. The molecule has 1 aromatic heterocycles. The molecule has 0 aliphatic heterocycles. The second-order valence-corrected chi connectivity index (χ2v) is 5.94. The lowest BCUT2D eigenvalue weighted by Crippen LogP contribution is -2.25. The van der Waals surface area contributed by atoms with Crippen molar-refractivity contribution in [1.82, 2.24) is 5.43 Å². The molecule has 0 spiro atoms. The summed E-state index contributed by atoms with van der Waals surface area (Å²) in [5.74, 6) is 1.00. The average Bonchev–Trinajstić information content (AvgIpc) is 3.04. The molecular formula is C20H20N2O3. The van der Waals surface area contributed by atoms with Crippen molar-refractivity contribution in [2.45, 2.75) is 20.8 Å². The molecule has 5 heteroatoms. The van der Waals surface area contributed by atoms with Gasteiger partial charge in [0.25, 0.3) is 5.91 Å². The van der Waals surface area contributed by atoms with Gasteiger partial charge in [0, 0.05) is 5.39 Å². The second-order valence-electron chi connectivity index (χ2n) is 5.94. The van der Waals surface area contributed by atoms with Crippen LogP contribution in [-0.2, 0) is 4.79 Å². The van der Waals surface area contributed by atoms with E-state index < -0.39 is 0 Å². The molecular weight excluding hydrogens is 316 g/mol. The van der Waals surface area contributed by atoms with Crippen molar-refractivity contribution in [3.8, 4) is 5.75 Å². The van der Waals surface area contributed by atoms with Crippen molar-refractivity contribution in [3.63, 3.8) is 0 Å². The number of rotatable bonds is 5. The number of hydrazone groups is 1. The van der Waals surface area contributed by atoms with Crippen LogP contribution in [0.5, 0.6) is 5.75 Å². The molecule has 1 heterocycles. The van der Waals surface area contributed by atoms with Gasteiger partial charge in [-0.1, -0.05) is 30.3 Å². The first-order valence-corrected chi connectivity index (χ1v) is 8.05. The molecule has 1 N–H and O–H groups in total. The molecule has 128 valence electrons. The van der Waals surface area contributed by atoms with E-state index >= 15 is 0 Å². The molecule has 0 fully saturated rings. The standard InChI is InChI=1S/C20H20N2O3/c1-13-8-9-14(2)18(10-13)24-12-20(23)22-21-15(3)19-11-16-6-4-5-7-17(16)25-19/h4-11H,12H2,1-3H3,(H,22,23)/b21-15-. The van der Waals surface area contributed by atoms with Crippen molar-refractivity contribution in [2.24, 2.45) is 5.10 Å². The Balaban J connectivity index is 1.60. The van der Waals surface area contributed by atoms with E-state index in [2.05, 4.69) is 10.5 Å². The molecule has 0 aliphatic carbocycles. The maximum Gasteiger partial charge on any atom is 0.277 e. The summed E-state index contributed by atoms with van der Waals surface area (Å²) in [5.41, 5.74) is 5.95. The molecule has 0 saturated heterocycles. The third-order valence-electron chi connectivity index (χ3n) is 3.83. The van der Waals surface area contributed by atoms with E-state index in [0.29, 0.717) is 17.2 Å². The van der Waals surface area contributed by atoms with Gasteiger partial charge in [0.05, 0.1) is 0 Å². The van der Waals surface area contributed by atoms with E-state index in [-0.39, 0.29) is 12.5 Å². The van der Waals surface area contributed by atoms with Crippen molar-refractivity contribution < 1.29 is 13.9 Å². The minimum Gasteiger partial charge on any atom is -0.483 e. The van der Waals surface area contributed by atoms with Gasteiger partial charge in [-0.25, -0.2) is 5.43 Å². The van der Waals surface area contributed by atoms with Crippen molar-refractivity contribution in [3.05, 3.63) is 65.4 Å². The van der Waals surface area contributed by atoms with Crippen molar-refractivity contribution >= 4 is 22.6 Å². The number of ether oxygens (including phenoxy) is 1. The van der Waals surface area contributed by atoms with Crippen LogP contribution in [0.4, 0.5) is 0 Å². The molecule has 3 rings (SSSR count). The van der Waals surface area contributed by atoms with Gasteiger partial charge in [-0.05, 0) is 50.1 Å². The Labute approximate surface area is 146 Å². The van der Waals surface area contributed by atoms with Gasteiger partial charge in [0.1, 0.15) is 17.0 Å². The molecule has 0 aliphatic rings. The lowest BCUT2D eigenvalue weighted by atomic mass is 10.1. The van der Waals surface area contributed by atoms with Gasteiger partial charge >= 0.3 is 0 Å². The van der Waals surface area contributed by atoms with Crippen LogP contribution in [0.3, 0.4) is 0 Å². The molecule has 0 radical (unpaired) electrons. The summed E-state index contributed by atoms with van der Waals surface area (Å²) in [5, 5.41) is 5.08. The lowest BCUT2D eigenvalue weighted by molar-refractivity contribution is -0.123. The summed E-state index contributed by atoms with van der Waals surface area (Å²) in [4.78, 5) is 11.9. The maximum absolute atomic E-state index is 11.9. The van der Waals surface area contributed by atoms with E-state index in [4.69, 9.17) is 9.15 Å². The van der Waals surface area contributed by atoms with E-state index in [0.717, 1.165) is 22.1 Å². The number of carbonyl (C=O) groups is 1. The number of hydrogen-bond acceptors (Lipinski definition) is 4. The summed E-state index contributed by atoms with van der Waals surface area (Å²) in [7, 11) is 0. The third-order valence-corrected chi connectivity index (χ3v) is 3.83.